The maximum atomic E-state index is 14.0. The van der Waals surface area contributed by atoms with Crippen LogP contribution in [0.4, 0.5) is 8.78 Å². The van der Waals surface area contributed by atoms with Crippen molar-refractivity contribution in [3.8, 4) is 11.5 Å². The van der Waals surface area contributed by atoms with Crippen molar-refractivity contribution in [1.82, 2.24) is 25.0 Å². The number of hydrogen-bond donors (Lipinski definition) is 1. The normalized spacial score (nSPS) is 14.7. The van der Waals surface area contributed by atoms with Crippen LogP contribution in [-0.2, 0) is 19.5 Å². The molecule has 34 heavy (non-hydrogen) atoms. The summed E-state index contributed by atoms with van der Waals surface area (Å²) in [7, 11) is 3.25. The highest BCUT2D eigenvalue weighted by molar-refractivity contribution is 5.94. The van der Waals surface area contributed by atoms with Crippen LogP contribution in [-0.4, -0.2) is 52.9 Å². The molecule has 0 saturated carbocycles. The van der Waals surface area contributed by atoms with E-state index in [1.54, 1.807) is 21.1 Å². The molecule has 0 unspecified atom stereocenters. The fourth-order valence-electron chi connectivity index (χ4n) is 4.09. The number of nitrogens with one attached hydrogen (secondary N) is 1. The molecule has 1 aliphatic heterocycles. The second kappa shape index (κ2) is 10.2. The van der Waals surface area contributed by atoms with Crippen molar-refractivity contribution in [2.24, 2.45) is 0 Å². The van der Waals surface area contributed by atoms with Gasteiger partial charge in [0.2, 0.25) is 0 Å². The molecule has 0 bridgehead atoms. The van der Waals surface area contributed by atoms with Crippen LogP contribution in [0.1, 0.15) is 40.5 Å². The molecular formula is C24H27F2N5O3. The Morgan fingerprint density at radius 2 is 1.79 bits per heavy atom. The van der Waals surface area contributed by atoms with Crippen LogP contribution >= 0.6 is 0 Å². The number of nitrogens with zero attached hydrogens (tertiary/aromatic N) is 4. The predicted octanol–water partition coefficient (Wildman–Crippen LogP) is 3.12. The van der Waals surface area contributed by atoms with Gasteiger partial charge in [0.25, 0.3) is 5.91 Å². The van der Waals surface area contributed by atoms with Crippen molar-refractivity contribution in [2.45, 2.75) is 32.5 Å². The van der Waals surface area contributed by atoms with Gasteiger partial charge in [0.05, 0.1) is 25.8 Å². The monoisotopic (exact) mass is 471 g/mol. The minimum Gasteiger partial charge on any atom is -0.497 e. The van der Waals surface area contributed by atoms with Gasteiger partial charge in [0.15, 0.2) is 5.82 Å². The van der Waals surface area contributed by atoms with Crippen LogP contribution in [0.25, 0.3) is 0 Å². The summed E-state index contributed by atoms with van der Waals surface area (Å²) in [5, 5.41) is 11.3. The third-order valence-corrected chi connectivity index (χ3v) is 5.87. The van der Waals surface area contributed by atoms with Gasteiger partial charge in [-0.15, -0.1) is 10.2 Å². The molecule has 1 amide bonds. The fourth-order valence-corrected chi connectivity index (χ4v) is 4.09. The smallest absolute Gasteiger partial charge is 0.254 e. The number of halogens is 2. The summed E-state index contributed by atoms with van der Waals surface area (Å²) in [4.78, 5) is 14.8. The Kier molecular flexibility index (Phi) is 7.06. The summed E-state index contributed by atoms with van der Waals surface area (Å²) in [6.45, 7) is 4.63. The molecule has 4 rings (SSSR count). The summed E-state index contributed by atoms with van der Waals surface area (Å²) in [5.74, 6) is 0.707. The second-order valence-corrected chi connectivity index (χ2v) is 8.19. The standard InChI is InChI=1S/C24H27F2N5O3/c1-15(27-24(32)20-12-17(25)4-5-21(20)26)23-29-28-22-6-7-30(8-9-31(22)23)14-16-10-18(33-2)13-19(11-16)34-3/h4-5,10-13,15H,6-9,14H2,1-3H3,(H,27,32)/t15-/m0/s1. The number of carbonyl (C=O) groups excluding carboxylic acids is 1. The highest BCUT2D eigenvalue weighted by Gasteiger charge is 2.24. The van der Waals surface area contributed by atoms with Gasteiger partial charge in [0.1, 0.15) is 29.0 Å². The number of carbonyl (C=O) groups is 1. The largest absolute Gasteiger partial charge is 0.497 e. The molecule has 0 aliphatic carbocycles. The lowest BCUT2D eigenvalue weighted by Crippen LogP contribution is -2.30. The molecule has 0 radical (unpaired) electrons. The van der Waals surface area contributed by atoms with E-state index in [1.807, 2.05) is 22.8 Å². The summed E-state index contributed by atoms with van der Waals surface area (Å²) in [6.07, 6.45) is 0.688. The van der Waals surface area contributed by atoms with E-state index in [0.29, 0.717) is 25.3 Å². The Bertz CT molecular complexity index is 1160. The van der Waals surface area contributed by atoms with Crippen molar-refractivity contribution in [2.75, 3.05) is 27.3 Å². The first-order valence-corrected chi connectivity index (χ1v) is 11.0. The minimum absolute atomic E-state index is 0.345. The van der Waals surface area contributed by atoms with Crippen LogP contribution in [0.15, 0.2) is 36.4 Å². The van der Waals surface area contributed by atoms with E-state index in [1.165, 1.54) is 0 Å². The minimum atomic E-state index is -0.781. The van der Waals surface area contributed by atoms with E-state index in [9.17, 15) is 13.6 Å². The van der Waals surface area contributed by atoms with Gasteiger partial charge in [0, 0.05) is 38.7 Å². The van der Waals surface area contributed by atoms with Gasteiger partial charge in [-0.3, -0.25) is 9.69 Å². The third-order valence-electron chi connectivity index (χ3n) is 5.87. The Labute approximate surface area is 196 Å². The van der Waals surface area contributed by atoms with Gasteiger partial charge in [-0.05, 0) is 42.8 Å². The number of methoxy groups -OCH3 is 2. The molecule has 1 aliphatic rings. The first-order chi connectivity index (χ1) is 16.4. The van der Waals surface area contributed by atoms with Crippen molar-refractivity contribution >= 4 is 5.91 Å². The zero-order chi connectivity index (χ0) is 24.2. The number of fused-ring (bicyclic) bond motifs is 1. The third kappa shape index (κ3) is 5.17. The van der Waals surface area contributed by atoms with Crippen molar-refractivity contribution in [3.05, 3.63) is 70.8 Å². The molecule has 2 heterocycles. The van der Waals surface area contributed by atoms with Gasteiger partial charge in [-0.2, -0.15) is 0 Å². The quantitative estimate of drug-likeness (QED) is 0.570. The first-order valence-electron chi connectivity index (χ1n) is 11.0. The topological polar surface area (TPSA) is 81.5 Å². The van der Waals surface area contributed by atoms with Gasteiger partial charge in [-0.1, -0.05) is 0 Å². The first kappa shape index (κ1) is 23.6. The van der Waals surface area contributed by atoms with E-state index >= 15 is 0 Å². The van der Waals surface area contributed by atoms with E-state index < -0.39 is 23.6 Å². The number of ether oxygens (including phenoxy) is 2. The maximum Gasteiger partial charge on any atom is 0.254 e. The van der Waals surface area contributed by atoms with E-state index in [-0.39, 0.29) is 5.56 Å². The molecule has 180 valence electrons. The van der Waals surface area contributed by atoms with Gasteiger partial charge < -0.3 is 19.4 Å². The van der Waals surface area contributed by atoms with E-state index in [0.717, 1.165) is 54.2 Å². The molecule has 1 aromatic heterocycles. The van der Waals surface area contributed by atoms with Crippen molar-refractivity contribution < 1.29 is 23.0 Å². The van der Waals surface area contributed by atoms with Gasteiger partial charge in [-0.25, -0.2) is 8.78 Å². The number of aromatic nitrogens is 3. The summed E-state index contributed by atoms with van der Waals surface area (Å²) in [5.41, 5.74) is 0.731. The number of rotatable bonds is 7. The van der Waals surface area contributed by atoms with Crippen LogP contribution in [0.2, 0.25) is 0 Å². The Hall–Kier alpha value is -3.53. The number of hydrogen-bond acceptors (Lipinski definition) is 6. The zero-order valence-corrected chi connectivity index (χ0v) is 19.3. The summed E-state index contributed by atoms with van der Waals surface area (Å²) in [6, 6.07) is 8.07. The lowest BCUT2D eigenvalue weighted by Gasteiger charge is -2.21. The molecule has 0 fully saturated rings. The number of benzene rings is 2. The lowest BCUT2D eigenvalue weighted by atomic mass is 10.1. The predicted molar refractivity (Wildman–Crippen MR) is 121 cm³/mol. The zero-order valence-electron chi connectivity index (χ0n) is 19.3. The Morgan fingerprint density at radius 3 is 2.50 bits per heavy atom. The second-order valence-electron chi connectivity index (χ2n) is 8.19. The van der Waals surface area contributed by atoms with E-state index in [2.05, 4.69) is 20.4 Å². The molecule has 2 aromatic carbocycles. The van der Waals surface area contributed by atoms with Crippen molar-refractivity contribution in [1.29, 1.82) is 0 Å². The molecule has 0 spiro atoms. The van der Waals surface area contributed by atoms with Crippen LogP contribution < -0.4 is 14.8 Å². The van der Waals surface area contributed by atoms with E-state index in [4.69, 9.17) is 9.47 Å². The van der Waals surface area contributed by atoms with Crippen LogP contribution in [0.5, 0.6) is 11.5 Å². The highest BCUT2D eigenvalue weighted by Crippen LogP contribution is 2.24. The average molecular weight is 472 g/mol. The van der Waals surface area contributed by atoms with Gasteiger partial charge >= 0.3 is 0 Å². The fraction of sp³-hybridized carbons (Fsp3) is 0.375. The SMILES string of the molecule is COc1cc(CN2CCc3nnc([C@H](C)NC(=O)c4cc(F)ccc4F)n3CC2)cc(OC)c1. The summed E-state index contributed by atoms with van der Waals surface area (Å²) >= 11 is 0. The molecule has 1 N–H and O–H groups in total. The highest BCUT2D eigenvalue weighted by atomic mass is 19.1. The maximum absolute atomic E-state index is 14.0. The van der Waals surface area contributed by atoms with Crippen LogP contribution in [0, 0.1) is 11.6 Å². The molecule has 1 atom stereocenters. The molecule has 3 aromatic rings. The average Bonchev–Trinajstić information content (AvgIpc) is 3.14. The lowest BCUT2D eigenvalue weighted by molar-refractivity contribution is 0.0933. The number of amides is 1. The Balaban J connectivity index is 1.44. The summed E-state index contributed by atoms with van der Waals surface area (Å²) < 4.78 is 40.2. The Morgan fingerprint density at radius 1 is 1.06 bits per heavy atom. The molecule has 10 heteroatoms. The molecular weight excluding hydrogens is 444 g/mol. The van der Waals surface area contributed by atoms with Crippen LogP contribution in [0.3, 0.4) is 0 Å². The molecule has 8 nitrogen and oxygen atoms in total. The van der Waals surface area contributed by atoms with Crippen molar-refractivity contribution in [3.63, 3.8) is 0 Å². The molecule has 0 saturated heterocycles.